The quantitative estimate of drug-likeness (QED) is 0.803. The van der Waals surface area contributed by atoms with Gasteiger partial charge in [0.05, 0.1) is 6.61 Å². The molecule has 0 radical (unpaired) electrons. The Morgan fingerprint density at radius 3 is 2.80 bits per heavy atom. The van der Waals surface area contributed by atoms with E-state index in [1.807, 2.05) is 12.1 Å². The number of thiol groups is 1. The first kappa shape index (κ1) is 12.9. The molecule has 0 aliphatic rings. The van der Waals surface area contributed by atoms with Gasteiger partial charge in [0.25, 0.3) is 0 Å². The van der Waals surface area contributed by atoms with E-state index in [2.05, 4.69) is 48.5 Å². The van der Waals surface area contributed by atoms with Gasteiger partial charge in [0.15, 0.2) is 0 Å². The molecule has 84 valence electrons. The number of benzene rings is 1. The summed E-state index contributed by atoms with van der Waals surface area (Å²) < 4.78 is 6.84. The number of hydrogen-bond donors (Lipinski definition) is 1. The molecule has 1 aromatic rings. The molecule has 0 aliphatic carbocycles. The number of hydrogen-bond acceptors (Lipinski definition) is 2. The van der Waals surface area contributed by atoms with Crippen molar-refractivity contribution in [3.63, 3.8) is 0 Å². The van der Waals surface area contributed by atoms with Crippen LogP contribution < -0.4 is 4.74 Å². The highest BCUT2D eigenvalue weighted by Crippen LogP contribution is 2.23. The second-order valence-electron chi connectivity index (χ2n) is 3.68. The van der Waals surface area contributed by atoms with Crippen LogP contribution in [0.5, 0.6) is 5.75 Å². The van der Waals surface area contributed by atoms with Crippen LogP contribution in [-0.4, -0.2) is 12.4 Å². The van der Waals surface area contributed by atoms with E-state index in [1.165, 1.54) is 5.56 Å². The van der Waals surface area contributed by atoms with Crippen LogP contribution in [0.15, 0.2) is 22.7 Å². The average Bonchev–Trinajstić information content (AvgIpc) is 2.24. The Balaban J connectivity index is 2.60. The van der Waals surface area contributed by atoms with Crippen LogP contribution in [0.3, 0.4) is 0 Å². The summed E-state index contributed by atoms with van der Waals surface area (Å²) in [5.74, 6) is 2.38. The van der Waals surface area contributed by atoms with Crippen LogP contribution in [0.2, 0.25) is 0 Å². The predicted molar refractivity (Wildman–Crippen MR) is 72.0 cm³/mol. The molecule has 0 N–H and O–H groups in total. The maximum Gasteiger partial charge on any atom is 0.123 e. The smallest absolute Gasteiger partial charge is 0.123 e. The summed E-state index contributed by atoms with van der Waals surface area (Å²) >= 11 is 7.74. The van der Waals surface area contributed by atoms with Crippen molar-refractivity contribution in [1.29, 1.82) is 0 Å². The molecule has 1 rings (SSSR count). The Morgan fingerprint density at radius 2 is 2.20 bits per heavy atom. The molecule has 0 fully saturated rings. The van der Waals surface area contributed by atoms with Gasteiger partial charge in [0, 0.05) is 10.4 Å². The van der Waals surface area contributed by atoms with E-state index in [9.17, 15) is 0 Å². The van der Waals surface area contributed by atoms with Crippen molar-refractivity contribution >= 4 is 28.6 Å². The molecule has 0 bridgehead atoms. The zero-order valence-corrected chi connectivity index (χ0v) is 11.6. The molecule has 1 unspecified atom stereocenters. The van der Waals surface area contributed by atoms with Crippen LogP contribution in [0, 0.1) is 12.8 Å². The van der Waals surface area contributed by atoms with Crippen molar-refractivity contribution in [2.45, 2.75) is 20.3 Å². The van der Waals surface area contributed by atoms with Gasteiger partial charge in [-0.05, 0) is 36.8 Å². The maximum atomic E-state index is 5.78. The Bertz CT molecular complexity index is 310. The third-order valence-corrected chi connectivity index (χ3v) is 3.47. The van der Waals surface area contributed by atoms with E-state index >= 15 is 0 Å². The van der Waals surface area contributed by atoms with Gasteiger partial charge in [0.2, 0.25) is 0 Å². The Kier molecular flexibility index (Phi) is 5.54. The van der Waals surface area contributed by atoms with Gasteiger partial charge < -0.3 is 4.74 Å². The molecule has 0 aliphatic heterocycles. The molecule has 0 amide bonds. The van der Waals surface area contributed by atoms with Crippen molar-refractivity contribution in [3.8, 4) is 5.75 Å². The van der Waals surface area contributed by atoms with Crippen LogP contribution in [0.25, 0.3) is 0 Å². The lowest BCUT2D eigenvalue weighted by molar-refractivity contribution is 0.258. The summed E-state index contributed by atoms with van der Waals surface area (Å²) in [6.07, 6.45) is 1.11. The average molecular weight is 289 g/mol. The minimum atomic E-state index is 0.534. The lowest BCUT2D eigenvalue weighted by Gasteiger charge is -2.15. The normalized spacial score (nSPS) is 12.5. The number of halogens is 1. The number of rotatable bonds is 5. The summed E-state index contributed by atoms with van der Waals surface area (Å²) in [4.78, 5) is 0. The third-order valence-electron chi connectivity index (χ3n) is 2.46. The van der Waals surface area contributed by atoms with Gasteiger partial charge in [-0.2, -0.15) is 12.6 Å². The maximum absolute atomic E-state index is 5.78. The van der Waals surface area contributed by atoms with Crippen LogP contribution in [-0.2, 0) is 0 Å². The van der Waals surface area contributed by atoms with Gasteiger partial charge in [-0.3, -0.25) is 0 Å². The highest BCUT2D eigenvalue weighted by molar-refractivity contribution is 9.10. The lowest BCUT2D eigenvalue weighted by atomic mass is 10.1. The largest absolute Gasteiger partial charge is 0.493 e. The van der Waals surface area contributed by atoms with Crippen molar-refractivity contribution in [1.82, 2.24) is 0 Å². The molecule has 1 aromatic carbocycles. The minimum Gasteiger partial charge on any atom is -0.493 e. The SMILES string of the molecule is CCC(CS)COc1cc(Br)ccc1C. The summed E-state index contributed by atoms with van der Waals surface area (Å²) in [5, 5.41) is 0. The number of aryl methyl sites for hydroxylation is 1. The van der Waals surface area contributed by atoms with E-state index in [0.717, 1.165) is 29.0 Å². The zero-order chi connectivity index (χ0) is 11.3. The molecular formula is C12H17BrOS. The lowest BCUT2D eigenvalue weighted by Crippen LogP contribution is -2.13. The molecule has 15 heavy (non-hydrogen) atoms. The summed E-state index contributed by atoms with van der Waals surface area (Å²) in [5.41, 5.74) is 1.17. The number of ether oxygens (including phenoxy) is 1. The first-order valence-corrected chi connectivity index (χ1v) is 6.59. The molecule has 0 spiro atoms. The van der Waals surface area contributed by atoms with Crippen molar-refractivity contribution in [2.24, 2.45) is 5.92 Å². The molecule has 1 atom stereocenters. The molecular weight excluding hydrogens is 272 g/mol. The Hall–Kier alpha value is -0.150. The van der Waals surface area contributed by atoms with Crippen molar-refractivity contribution in [2.75, 3.05) is 12.4 Å². The molecule has 0 saturated heterocycles. The van der Waals surface area contributed by atoms with Crippen LogP contribution in [0.4, 0.5) is 0 Å². The molecule has 0 aromatic heterocycles. The Morgan fingerprint density at radius 1 is 1.47 bits per heavy atom. The van der Waals surface area contributed by atoms with Crippen LogP contribution in [0.1, 0.15) is 18.9 Å². The van der Waals surface area contributed by atoms with Crippen LogP contribution >= 0.6 is 28.6 Å². The fraction of sp³-hybridized carbons (Fsp3) is 0.500. The highest BCUT2D eigenvalue weighted by atomic mass is 79.9. The van der Waals surface area contributed by atoms with Crippen molar-refractivity contribution in [3.05, 3.63) is 28.2 Å². The van der Waals surface area contributed by atoms with Gasteiger partial charge in [-0.1, -0.05) is 28.9 Å². The molecule has 1 nitrogen and oxygen atoms in total. The molecule has 0 saturated carbocycles. The van der Waals surface area contributed by atoms with Gasteiger partial charge in [-0.25, -0.2) is 0 Å². The molecule has 0 heterocycles. The third kappa shape index (κ3) is 4.07. The summed E-state index contributed by atoms with van der Waals surface area (Å²) in [6.45, 7) is 4.97. The second kappa shape index (κ2) is 6.44. The van der Waals surface area contributed by atoms with Crippen molar-refractivity contribution < 1.29 is 4.74 Å². The zero-order valence-electron chi connectivity index (χ0n) is 9.16. The molecule has 3 heteroatoms. The van der Waals surface area contributed by atoms with E-state index in [-0.39, 0.29) is 0 Å². The second-order valence-corrected chi connectivity index (χ2v) is 4.96. The van der Waals surface area contributed by atoms with Gasteiger partial charge >= 0.3 is 0 Å². The highest BCUT2D eigenvalue weighted by Gasteiger charge is 2.06. The fourth-order valence-electron chi connectivity index (χ4n) is 1.24. The standard InChI is InChI=1S/C12H17BrOS/c1-3-10(8-15)7-14-12-6-11(13)5-4-9(12)2/h4-6,10,15H,3,7-8H2,1-2H3. The van der Waals surface area contributed by atoms with E-state index in [1.54, 1.807) is 0 Å². The first-order valence-electron chi connectivity index (χ1n) is 5.17. The van der Waals surface area contributed by atoms with Gasteiger partial charge in [-0.15, -0.1) is 0 Å². The van der Waals surface area contributed by atoms with Gasteiger partial charge in [0.1, 0.15) is 5.75 Å². The van der Waals surface area contributed by atoms with E-state index in [0.29, 0.717) is 5.92 Å². The minimum absolute atomic E-state index is 0.534. The van der Waals surface area contributed by atoms with E-state index in [4.69, 9.17) is 4.74 Å². The Labute approximate surface area is 106 Å². The first-order chi connectivity index (χ1) is 7.17. The summed E-state index contributed by atoms with van der Waals surface area (Å²) in [6, 6.07) is 6.10. The monoisotopic (exact) mass is 288 g/mol. The fourth-order valence-corrected chi connectivity index (χ4v) is 1.94. The predicted octanol–water partition coefficient (Wildman–Crippen LogP) is 4.09. The topological polar surface area (TPSA) is 9.23 Å². The summed E-state index contributed by atoms with van der Waals surface area (Å²) in [7, 11) is 0. The van der Waals surface area contributed by atoms with E-state index < -0.39 is 0 Å².